The number of hydrogen-bond donors (Lipinski definition) is 1. The Morgan fingerprint density at radius 2 is 2.00 bits per heavy atom. The van der Waals surface area contributed by atoms with Gasteiger partial charge in [0.1, 0.15) is 5.69 Å². The van der Waals surface area contributed by atoms with E-state index in [1.54, 1.807) is 0 Å². The highest BCUT2D eigenvalue weighted by Gasteiger charge is 2.23. The van der Waals surface area contributed by atoms with Gasteiger partial charge in [0.15, 0.2) is 5.03 Å². The number of pyridine rings is 1. The topological polar surface area (TPSA) is 73.1 Å². The van der Waals surface area contributed by atoms with E-state index in [2.05, 4.69) is 4.98 Å². The largest absolute Gasteiger partial charge is 0.397 e. The molecule has 9 heteroatoms. The molecule has 1 heterocycles. The Morgan fingerprint density at radius 1 is 1.47 bits per heavy atom. The number of nitrogen functional groups attached to an aromatic ring is 1. The maximum Gasteiger partial charge on any atom is 0.282 e. The summed E-state index contributed by atoms with van der Waals surface area (Å²) in [7, 11) is 0.666. The van der Waals surface area contributed by atoms with Crippen LogP contribution in [0.2, 0.25) is 5.02 Å². The van der Waals surface area contributed by atoms with Gasteiger partial charge in [-0.05, 0) is 6.07 Å². The van der Waals surface area contributed by atoms with Gasteiger partial charge in [-0.1, -0.05) is 11.6 Å². The van der Waals surface area contributed by atoms with E-state index in [1.807, 2.05) is 0 Å². The lowest BCUT2D eigenvalue weighted by atomic mass is 10.3. The van der Waals surface area contributed by atoms with Crippen molar-refractivity contribution in [1.29, 1.82) is 0 Å². The Bertz CT molecular complexity index is 492. The highest BCUT2D eigenvalue weighted by molar-refractivity contribution is 8.13. The molecule has 1 rings (SSSR count). The summed E-state index contributed by atoms with van der Waals surface area (Å²) in [5, 5.41) is -1.22. The van der Waals surface area contributed by atoms with E-state index >= 15 is 0 Å². The molecule has 2 N–H and O–H groups in total. The second-order valence-corrected chi connectivity index (χ2v) is 5.38. The molecule has 0 bridgehead atoms. The molecule has 0 fully saturated rings. The first-order chi connectivity index (χ1) is 6.73. The zero-order valence-electron chi connectivity index (χ0n) is 6.92. The molecule has 0 aliphatic rings. The number of rotatable bonds is 2. The fourth-order valence-corrected chi connectivity index (χ4v) is 2.28. The predicted molar refractivity (Wildman–Crippen MR) is 51.7 cm³/mol. The Labute approximate surface area is 93.4 Å². The molecule has 0 atom stereocenters. The summed E-state index contributed by atoms with van der Waals surface area (Å²) in [4.78, 5) is 3.12. The molecular formula is C6H4Cl2F2N2O2S. The van der Waals surface area contributed by atoms with E-state index in [0.29, 0.717) is 0 Å². The first-order valence-corrected chi connectivity index (χ1v) is 6.11. The maximum atomic E-state index is 12.3. The van der Waals surface area contributed by atoms with Crippen molar-refractivity contribution in [1.82, 2.24) is 4.98 Å². The van der Waals surface area contributed by atoms with E-state index in [0.717, 1.165) is 6.07 Å². The van der Waals surface area contributed by atoms with Crippen molar-refractivity contribution in [3.63, 3.8) is 0 Å². The minimum atomic E-state index is -4.27. The Morgan fingerprint density at radius 3 is 2.40 bits per heavy atom. The lowest BCUT2D eigenvalue weighted by Crippen LogP contribution is -2.04. The van der Waals surface area contributed by atoms with Crippen LogP contribution in [0.5, 0.6) is 0 Å². The SMILES string of the molecule is Nc1cc(Cl)c(S(=O)(=O)Cl)nc1C(F)F. The van der Waals surface area contributed by atoms with Crippen molar-refractivity contribution in [3.8, 4) is 0 Å². The van der Waals surface area contributed by atoms with Gasteiger partial charge in [0.05, 0.1) is 10.7 Å². The van der Waals surface area contributed by atoms with Gasteiger partial charge >= 0.3 is 0 Å². The quantitative estimate of drug-likeness (QED) is 0.841. The summed E-state index contributed by atoms with van der Waals surface area (Å²) in [6, 6.07) is 0.866. The predicted octanol–water partition coefficient (Wildman–Crippen LogP) is 2.18. The molecule has 0 amide bonds. The molecule has 0 spiro atoms. The van der Waals surface area contributed by atoms with Crippen molar-refractivity contribution >= 4 is 37.0 Å². The maximum absolute atomic E-state index is 12.3. The van der Waals surface area contributed by atoms with Crippen molar-refractivity contribution in [3.05, 3.63) is 16.8 Å². The minimum absolute atomic E-state index is 0.390. The molecule has 15 heavy (non-hydrogen) atoms. The molecule has 84 valence electrons. The molecule has 0 aliphatic heterocycles. The summed E-state index contributed by atoms with van der Waals surface area (Å²) in [5.41, 5.74) is 3.92. The fourth-order valence-electron chi connectivity index (χ4n) is 0.845. The minimum Gasteiger partial charge on any atom is -0.397 e. The standard InChI is InChI=1S/C6H4Cl2F2N2O2S/c7-2-1-3(11)4(5(9)10)12-6(2)15(8,13)14/h1,5H,11H2. The van der Waals surface area contributed by atoms with Crippen molar-refractivity contribution in [2.24, 2.45) is 0 Å². The first kappa shape index (κ1) is 12.4. The number of hydrogen-bond acceptors (Lipinski definition) is 4. The molecule has 1 aromatic heterocycles. The average molecular weight is 277 g/mol. The van der Waals surface area contributed by atoms with Crippen molar-refractivity contribution in [2.45, 2.75) is 11.5 Å². The van der Waals surface area contributed by atoms with Crippen LogP contribution >= 0.6 is 22.3 Å². The molecule has 4 nitrogen and oxygen atoms in total. The van der Waals surface area contributed by atoms with Gasteiger partial charge in [-0.2, -0.15) is 0 Å². The van der Waals surface area contributed by atoms with E-state index in [9.17, 15) is 17.2 Å². The first-order valence-electron chi connectivity index (χ1n) is 3.42. The summed E-state index contributed by atoms with van der Waals surface area (Å²) < 4.78 is 46.4. The van der Waals surface area contributed by atoms with Gasteiger partial charge in [-0.15, -0.1) is 0 Å². The van der Waals surface area contributed by atoms with Crippen LogP contribution in [0, 0.1) is 0 Å². The second kappa shape index (κ2) is 4.07. The third-order valence-electron chi connectivity index (χ3n) is 1.44. The number of nitrogens with zero attached hydrogens (tertiary/aromatic N) is 1. The van der Waals surface area contributed by atoms with Gasteiger partial charge < -0.3 is 5.73 Å². The number of halogens is 4. The van der Waals surface area contributed by atoms with Crippen LogP contribution in [0.15, 0.2) is 11.1 Å². The lowest BCUT2D eigenvalue weighted by molar-refractivity contribution is 0.146. The van der Waals surface area contributed by atoms with Crippen LogP contribution in [0.3, 0.4) is 0 Å². The third kappa shape index (κ3) is 2.67. The molecule has 1 aromatic rings. The third-order valence-corrected chi connectivity index (χ3v) is 3.05. The van der Waals surface area contributed by atoms with Gasteiger partial charge in [-0.25, -0.2) is 22.2 Å². The monoisotopic (exact) mass is 276 g/mol. The zero-order valence-corrected chi connectivity index (χ0v) is 9.24. The smallest absolute Gasteiger partial charge is 0.282 e. The van der Waals surface area contributed by atoms with Crippen LogP contribution < -0.4 is 5.73 Å². The summed E-state index contributed by atoms with van der Waals surface area (Å²) in [6.07, 6.45) is -3.00. The van der Waals surface area contributed by atoms with Gasteiger partial charge in [-0.3, -0.25) is 0 Å². The van der Waals surface area contributed by atoms with Gasteiger partial charge in [0, 0.05) is 10.7 Å². The number of alkyl halides is 2. The molecule has 0 radical (unpaired) electrons. The van der Waals surface area contributed by atoms with Crippen molar-refractivity contribution in [2.75, 3.05) is 5.73 Å². The highest BCUT2D eigenvalue weighted by Crippen LogP contribution is 2.30. The van der Waals surface area contributed by atoms with Crippen LogP contribution in [0.1, 0.15) is 12.1 Å². The molecule has 0 saturated carbocycles. The fraction of sp³-hybridized carbons (Fsp3) is 0.167. The van der Waals surface area contributed by atoms with Crippen LogP contribution in [-0.4, -0.2) is 13.4 Å². The summed E-state index contributed by atoms with van der Waals surface area (Å²) in [6.45, 7) is 0. The summed E-state index contributed by atoms with van der Waals surface area (Å²) in [5.74, 6) is 0. The van der Waals surface area contributed by atoms with Gasteiger partial charge in [0.25, 0.3) is 15.5 Å². The lowest BCUT2D eigenvalue weighted by Gasteiger charge is -2.06. The molecule has 0 aliphatic carbocycles. The zero-order chi connectivity index (χ0) is 11.8. The van der Waals surface area contributed by atoms with E-state index in [-0.39, 0.29) is 5.69 Å². The molecule has 0 unspecified atom stereocenters. The Kier molecular flexibility index (Phi) is 3.37. The van der Waals surface area contributed by atoms with Crippen LogP contribution in [0.25, 0.3) is 0 Å². The van der Waals surface area contributed by atoms with Crippen LogP contribution in [0.4, 0.5) is 14.5 Å². The second-order valence-electron chi connectivity index (χ2n) is 2.49. The van der Waals surface area contributed by atoms with E-state index in [4.69, 9.17) is 28.0 Å². The van der Waals surface area contributed by atoms with Crippen LogP contribution in [-0.2, 0) is 9.05 Å². The average Bonchev–Trinajstić information content (AvgIpc) is 2.00. The van der Waals surface area contributed by atoms with E-state index in [1.165, 1.54) is 0 Å². The Balaban J connectivity index is 3.50. The summed E-state index contributed by atoms with van der Waals surface area (Å²) >= 11 is 5.44. The Hall–Kier alpha value is -0.660. The number of nitrogens with two attached hydrogens (primary N) is 1. The van der Waals surface area contributed by atoms with E-state index < -0.39 is 31.2 Å². The normalized spacial score (nSPS) is 12.1. The van der Waals surface area contributed by atoms with Gasteiger partial charge in [0.2, 0.25) is 0 Å². The number of anilines is 1. The number of aromatic nitrogens is 1. The molecular weight excluding hydrogens is 273 g/mol. The highest BCUT2D eigenvalue weighted by atomic mass is 35.7. The molecule has 0 aromatic carbocycles. The van der Waals surface area contributed by atoms with Crippen molar-refractivity contribution < 1.29 is 17.2 Å². The molecule has 0 saturated heterocycles.